The third-order valence-electron chi connectivity index (χ3n) is 3.74. The zero-order valence-electron chi connectivity index (χ0n) is 12.3. The Kier molecular flexibility index (Phi) is 4.96. The van der Waals surface area contributed by atoms with Crippen LogP contribution >= 0.6 is 0 Å². The van der Waals surface area contributed by atoms with E-state index in [2.05, 4.69) is 45.9 Å². The lowest BCUT2D eigenvalue weighted by Crippen LogP contribution is -2.46. The molecule has 0 aromatic carbocycles. The lowest BCUT2D eigenvalue weighted by atomic mass is 10.2. The van der Waals surface area contributed by atoms with Gasteiger partial charge in [-0.15, -0.1) is 0 Å². The Balaban J connectivity index is 2.17. The Morgan fingerprint density at radius 1 is 1.11 bits per heavy atom. The summed E-state index contributed by atoms with van der Waals surface area (Å²) < 4.78 is 0. The van der Waals surface area contributed by atoms with Crippen LogP contribution in [0, 0.1) is 0 Å². The summed E-state index contributed by atoms with van der Waals surface area (Å²) in [5.41, 5.74) is 1.24. The van der Waals surface area contributed by atoms with Gasteiger partial charge in [-0.2, -0.15) is 0 Å². The molecule has 106 valence electrons. The predicted molar refractivity (Wildman–Crippen MR) is 79.9 cm³/mol. The van der Waals surface area contributed by atoms with Crippen LogP contribution in [-0.4, -0.2) is 54.1 Å². The standard InChI is InChI=1S/C14H25N5/c1-4-12-13(15-5-2)16-11-17-14(12)19-9-7-18(6-3)8-10-19/h11H,4-10H2,1-3H3,(H,15,16,17). The quantitative estimate of drug-likeness (QED) is 0.874. The number of nitrogens with zero attached hydrogens (tertiary/aromatic N) is 4. The second-order valence-corrected chi connectivity index (χ2v) is 4.83. The van der Waals surface area contributed by atoms with Gasteiger partial charge >= 0.3 is 0 Å². The molecule has 0 aliphatic carbocycles. The summed E-state index contributed by atoms with van der Waals surface area (Å²) in [6.45, 7) is 12.9. The van der Waals surface area contributed by atoms with Gasteiger partial charge in [0.15, 0.2) is 0 Å². The van der Waals surface area contributed by atoms with Gasteiger partial charge in [-0.05, 0) is 19.9 Å². The first-order chi connectivity index (χ1) is 9.30. The van der Waals surface area contributed by atoms with Crippen molar-refractivity contribution in [3.8, 4) is 0 Å². The highest BCUT2D eigenvalue weighted by molar-refractivity contribution is 5.59. The summed E-state index contributed by atoms with van der Waals surface area (Å²) >= 11 is 0. The SMILES string of the molecule is CCNc1ncnc(N2CCN(CC)CC2)c1CC. The Labute approximate surface area is 116 Å². The molecule has 5 heteroatoms. The van der Waals surface area contributed by atoms with Crippen LogP contribution in [0.2, 0.25) is 0 Å². The fraction of sp³-hybridized carbons (Fsp3) is 0.714. The lowest BCUT2D eigenvalue weighted by Gasteiger charge is -2.35. The van der Waals surface area contributed by atoms with Gasteiger partial charge in [-0.25, -0.2) is 9.97 Å². The molecule has 1 aliphatic rings. The normalized spacial score (nSPS) is 16.7. The molecule has 0 unspecified atom stereocenters. The van der Waals surface area contributed by atoms with E-state index in [1.807, 2.05) is 0 Å². The Morgan fingerprint density at radius 2 is 1.84 bits per heavy atom. The minimum atomic E-state index is 0.896. The summed E-state index contributed by atoms with van der Waals surface area (Å²) in [6, 6.07) is 0. The van der Waals surface area contributed by atoms with Crippen molar-refractivity contribution in [3.05, 3.63) is 11.9 Å². The molecule has 0 amide bonds. The second kappa shape index (κ2) is 6.70. The van der Waals surface area contributed by atoms with Crippen LogP contribution in [0.3, 0.4) is 0 Å². The van der Waals surface area contributed by atoms with Gasteiger partial charge in [0.25, 0.3) is 0 Å². The molecule has 1 N–H and O–H groups in total. The topological polar surface area (TPSA) is 44.3 Å². The Bertz CT molecular complexity index is 399. The smallest absolute Gasteiger partial charge is 0.137 e. The fourth-order valence-electron chi connectivity index (χ4n) is 2.60. The highest BCUT2D eigenvalue weighted by atomic mass is 15.3. The maximum Gasteiger partial charge on any atom is 0.137 e. The molecule has 0 atom stereocenters. The van der Waals surface area contributed by atoms with Gasteiger partial charge < -0.3 is 15.1 Å². The van der Waals surface area contributed by atoms with E-state index in [1.54, 1.807) is 6.33 Å². The van der Waals surface area contributed by atoms with Gasteiger partial charge in [-0.1, -0.05) is 13.8 Å². The van der Waals surface area contributed by atoms with Crippen LogP contribution in [0.15, 0.2) is 6.33 Å². The average Bonchev–Trinajstić information content (AvgIpc) is 2.47. The highest BCUT2D eigenvalue weighted by Gasteiger charge is 2.20. The molecule has 0 saturated carbocycles. The number of nitrogens with one attached hydrogen (secondary N) is 1. The maximum atomic E-state index is 4.52. The molecule has 1 aliphatic heterocycles. The van der Waals surface area contributed by atoms with Crippen molar-refractivity contribution in [3.63, 3.8) is 0 Å². The number of hydrogen-bond acceptors (Lipinski definition) is 5. The lowest BCUT2D eigenvalue weighted by molar-refractivity contribution is 0.270. The number of rotatable bonds is 5. The van der Waals surface area contributed by atoms with Crippen LogP contribution < -0.4 is 10.2 Å². The van der Waals surface area contributed by atoms with E-state index in [-0.39, 0.29) is 0 Å². The summed E-state index contributed by atoms with van der Waals surface area (Å²) in [4.78, 5) is 13.8. The molecule has 2 heterocycles. The largest absolute Gasteiger partial charge is 0.370 e. The third-order valence-corrected chi connectivity index (χ3v) is 3.74. The van der Waals surface area contributed by atoms with E-state index >= 15 is 0 Å². The number of hydrogen-bond donors (Lipinski definition) is 1. The van der Waals surface area contributed by atoms with Crippen LogP contribution in [0.25, 0.3) is 0 Å². The molecule has 0 spiro atoms. The van der Waals surface area contributed by atoms with E-state index in [9.17, 15) is 0 Å². The average molecular weight is 263 g/mol. The van der Waals surface area contributed by atoms with E-state index in [1.165, 1.54) is 5.56 Å². The van der Waals surface area contributed by atoms with Crippen molar-refractivity contribution in [2.75, 3.05) is 49.5 Å². The summed E-state index contributed by atoms with van der Waals surface area (Å²) in [7, 11) is 0. The second-order valence-electron chi connectivity index (χ2n) is 4.83. The first-order valence-corrected chi connectivity index (χ1v) is 7.35. The zero-order valence-corrected chi connectivity index (χ0v) is 12.3. The van der Waals surface area contributed by atoms with Gasteiger partial charge in [0.05, 0.1) is 0 Å². The molecule has 1 aromatic rings. The third kappa shape index (κ3) is 3.15. The zero-order chi connectivity index (χ0) is 13.7. The fourth-order valence-corrected chi connectivity index (χ4v) is 2.60. The molecule has 1 fully saturated rings. The van der Waals surface area contributed by atoms with Crippen molar-refractivity contribution in [1.82, 2.24) is 14.9 Å². The Morgan fingerprint density at radius 3 is 2.42 bits per heavy atom. The molecular formula is C14H25N5. The Hall–Kier alpha value is -1.36. The van der Waals surface area contributed by atoms with Gasteiger partial charge in [0.2, 0.25) is 0 Å². The van der Waals surface area contributed by atoms with E-state index in [0.717, 1.165) is 57.3 Å². The van der Waals surface area contributed by atoms with Crippen LogP contribution in [-0.2, 0) is 6.42 Å². The summed E-state index contributed by atoms with van der Waals surface area (Å²) in [5.74, 6) is 2.11. The first kappa shape index (κ1) is 14.1. The van der Waals surface area contributed by atoms with E-state index in [4.69, 9.17) is 0 Å². The number of likely N-dealkylation sites (N-methyl/N-ethyl adjacent to an activating group) is 1. The molecule has 5 nitrogen and oxygen atoms in total. The maximum absolute atomic E-state index is 4.52. The number of anilines is 2. The summed E-state index contributed by atoms with van der Waals surface area (Å²) in [6.07, 6.45) is 2.64. The minimum absolute atomic E-state index is 0.896. The van der Waals surface area contributed by atoms with E-state index < -0.39 is 0 Å². The molecule has 2 rings (SSSR count). The number of piperazine rings is 1. The summed E-state index contributed by atoms with van der Waals surface area (Å²) in [5, 5.41) is 3.34. The van der Waals surface area contributed by atoms with Crippen molar-refractivity contribution in [1.29, 1.82) is 0 Å². The van der Waals surface area contributed by atoms with Crippen LogP contribution in [0.1, 0.15) is 26.3 Å². The molecule has 1 aromatic heterocycles. The first-order valence-electron chi connectivity index (χ1n) is 7.35. The van der Waals surface area contributed by atoms with Crippen LogP contribution in [0.5, 0.6) is 0 Å². The van der Waals surface area contributed by atoms with Crippen molar-refractivity contribution >= 4 is 11.6 Å². The van der Waals surface area contributed by atoms with Crippen molar-refractivity contribution < 1.29 is 0 Å². The van der Waals surface area contributed by atoms with Gasteiger partial charge in [0.1, 0.15) is 18.0 Å². The monoisotopic (exact) mass is 263 g/mol. The predicted octanol–water partition coefficient (Wildman–Crippen LogP) is 1.61. The van der Waals surface area contributed by atoms with Crippen molar-refractivity contribution in [2.45, 2.75) is 27.2 Å². The minimum Gasteiger partial charge on any atom is -0.370 e. The van der Waals surface area contributed by atoms with Gasteiger partial charge in [0, 0.05) is 38.3 Å². The van der Waals surface area contributed by atoms with Crippen LogP contribution in [0.4, 0.5) is 11.6 Å². The molecule has 0 radical (unpaired) electrons. The molecule has 0 bridgehead atoms. The van der Waals surface area contributed by atoms with Gasteiger partial charge in [-0.3, -0.25) is 0 Å². The highest BCUT2D eigenvalue weighted by Crippen LogP contribution is 2.24. The molecule has 19 heavy (non-hydrogen) atoms. The van der Waals surface area contributed by atoms with Crippen molar-refractivity contribution in [2.24, 2.45) is 0 Å². The molecule has 1 saturated heterocycles. The van der Waals surface area contributed by atoms with E-state index in [0.29, 0.717) is 0 Å². The molecular weight excluding hydrogens is 238 g/mol. The number of aromatic nitrogens is 2.